The smallest absolute Gasteiger partial charge is 0.420 e. The molecule has 0 unspecified atom stereocenters. The van der Waals surface area contributed by atoms with Gasteiger partial charge in [0.1, 0.15) is 29.0 Å². The summed E-state index contributed by atoms with van der Waals surface area (Å²) in [7, 11) is 4.18. The Morgan fingerprint density at radius 2 is 1.47 bits per heavy atom. The summed E-state index contributed by atoms with van der Waals surface area (Å²) in [6.07, 6.45) is -0.119. The molecule has 0 saturated carbocycles. The van der Waals surface area contributed by atoms with E-state index in [2.05, 4.69) is 9.98 Å². The topological polar surface area (TPSA) is 125 Å². The average Bonchev–Trinajstić information content (AvgIpc) is 2.74. The van der Waals surface area contributed by atoms with Gasteiger partial charge >= 0.3 is 18.2 Å². The van der Waals surface area contributed by atoms with Crippen LogP contribution in [0.3, 0.4) is 0 Å². The maximum absolute atomic E-state index is 13.0. The average molecular weight is 512 g/mol. The first kappa shape index (κ1) is 30.9. The maximum atomic E-state index is 13.0. The van der Waals surface area contributed by atoms with Crippen LogP contribution in [0.25, 0.3) is 0 Å². The van der Waals surface area contributed by atoms with E-state index in [1.165, 1.54) is 21.3 Å². The highest BCUT2D eigenvalue weighted by Gasteiger charge is 2.40. The fourth-order valence-corrected chi connectivity index (χ4v) is 3.19. The molecule has 0 aromatic carbocycles. The fraction of sp³-hybridized carbons (Fsp3) is 0.720. The van der Waals surface area contributed by atoms with Crippen molar-refractivity contribution in [3.63, 3.8) is 0 Å². The van der Waals surface area contributed by atoms with Crippen molar-refractivity contribution < 1.29 is 38.1 Å². The van der Waals surface area contributed by atoms with Crippen LogP contribution < -0.4 is 0 Å². The van der Waals surface area contributed by atoms with Crippen molar-refractivity contribution in [1.29, 1.82) is 0 Å². The summed E-state index contributed by atoms with van der Waals surface area (Å²) >= 11 is 0. The van der Waals surface area contributed by atoms with Crippen LogP contribution in [0.4, 0.5) is 9.59 Å². The molecule has 0 N–H and O–H groups in total. The minimum atomic E-state index is -1.31. The zero-order valence-corrected chi connectivity index (χ0v) is 23.3. The molecule has 0 aromatic heterocycles. The molecule has 1 rings (SSSR count). The molecular formula is C25H41N3O8. The number of carbonyl (C=O) groups is 3. The van der Waals surface area contributed by atoms with E-state index in [0.29, 0.717) is 22.4 Å². The van der Waals surface area contributed by atoms with E-state index in [9.17, 15) is 14.4 Å². The van der Waals surface area contributed by atoms with Crippen molar-refractivity contribution in [3.05, 3.63) is 11.8 Å². The summed E-state index contributed by atoms with van der Waals surface area (Å²) in [4.78, 5) is 48.5. The van der Waals surface area contributed by atoms with Crippen molar-refractivity contribution in [2.45, 2.75) is 91.5 Å². The normalized spacial score (nSPS) is 18.1. The zero-order valence-electron chi connectivity index (χ0n) is 23.3. The lowest BCUT2D eigenvalue weighted by atomic mass is 10.0. The zero-order chi connectivity index (χ0) is 27.8. The molecule has 0 radical (unpaired) electrons. The standard InChI is InChI=1S/C25H41N3O8/c1-15(2)18-20(33-10)26-16(19(27-18)32-9)13-12-14-17(21(29)34-11)28(22(30)35-24(3,4)5)23(31)36-25(6,7)8/h13,15,17-18H,12,14H2,1-11H3/b16-13-/t17-,18-/m0/s1. The lowest BCUT2D eigenvalue weighted by Crippen LogP contribution is -2.52. The fourth-order valence-electron chi connectivity index (χ4n) is 3.19. The minimum Gasteiger partial charge on any atom is -0.482 e. The number of methoxy groups -OCH3 is 3. The van der Waals surface area contributed by atoms with Gasteiger partial charge in [-0.15, -0.1) is 0 Å². The number of rotatable bonds is 6. The number of allylic oxidation sites excluding steroid dienone is 1. The van der Waals surface area contributed by atoms with Crippen LogP contribution in [0, 0.1) is 5.92 Å². The highest BCUT2D eigenvalue weighted by atomic mass is 16.6. The van der Waals surface area contributed by atoms with Crippen molar-refractivity contribution in [2.75, 3.05) is 21.3 Å². The van der Waals surface area contributed by atoms with Crippen LogP contribution in [0.1, 0.15) is 68.2 Å². The number of hydrogen-bond acceptors (Lipinski definition) is 10. The van der Waals surface area contributed by atoms with Crippen LogP contribution in [0.2, 0.25) is 0 Å². The first-order valence-corrected chi connectivity index (χ1v) is 11.8. The Balaban J connectivity index is 3.32. The summed E-state index contributed by atoms with van der Waals surface area (Å²) in [6, 6.07) is -1.60. The van der Waals surface area contributed by atoms with Crippen molar-refractivity contribution in [2.24, 2.45) is 15.9 Å². The lowest BCUT2D eigenvalue weighted by molar-refractivity contribution is -0.146. The summed E-state index contributed by atoms with van der Waals surface area (Å²) in [6.45, 7) is 13.9. The largest absolute Gasteiger partial charge is 0.482 e. The Morgan fingerprint density at radius 3 is 1.86 bits per heavy atom. The van der Waals surface area contributed by atoms with Crippen LogP contribution in [0.15, 0.2) is 21.8 Å². The number of nitrogens with zero attached hydrogens (tertiary/aromatic N) is 3. The van der Waals surface area contributed by atoms with E-state index >= 15 is 0 Å². The van der Waals surface area contributed by atoms with Gasteiger partial charge in [0.25, 0.3) is 0 Å². The Morgan fingerprint density at radius 1 is 0.944 bits per heavy atom. The number of hydrogen-bond donors (Lipinski definition) is 0. The second kappa shape index (κ2) is 12.7. The number of ether oxygens (including phenoxy) is 5. The first-order valence-electron chi connectivity index (χ1n) is 11.8. The minimum absolute atomic E-state index is 0.0110. The number of imide groups is 1. The van der Waals surface area contributed by atoms with E-state index in [-0.39, 0.29) is 24.8 Å². The Labute approximate surface area is 213 Å². The number of esters is 1. The van der Waals surface area contributed by atoms with E-state index in [4.69, 9.17) is 23.7 Å². The van der Waals surface area contributed by atoms with Gasteiger partial charge in [-0.25, -0.2) is 24.4 Å². The highest BCUT2D eigenvalue weighted by molar-refractivity contribution is 6.01. The molecule has 0 saturated heterocycles. The van der Waals surface area contributed by atoms with Gasteiger partial charge in [-0.3, -0.25) is 0 Å². The molecule has 0 fully saturated rings. The quantitative estimate of drug-likeness (QED) is 0.377. The van der Waals surface area contributed by atoms with Crippen molar-refractivity contribution >= 4 is 30.0 Å². The van der Waals surface area contributed by atoms with E-state index in [1.54, 1.807) is 47.6 Å². The Hall–Kier alpha value is -3.11. The lowest BCUT2D eigenvalue weighted by Gasteiger charge is -2.32. The van der Waals surface area contributed by atoms with E-state index in [1.807, 2.05) is 13.8 Å². The molecule has 36 heavy (non-hydrogen) atoms. The van der Waals surface area contributed by atoms with Gasteiger partial charge in [0.15, 0.2) is 0 Å². The third-order valence-corrected chi connectivity index (χ3v) is 4.74. The van der Waals surface area contributed by atoms with Gasteiger partial charge in [0, 0.05) is 0 Å². The predicted molar refractivity (Wildman–Crippen MR) is 135 cm³/mol. The number of carbonyl (C=O) groups excluding carboxylic acids is 3. The van der Waals surface area contributed by atoms with Crippen LogP contribution in [0.5, 0.6) is 0 Å². The van der Waals surface area contributed by atoms with Gasteiger partial charge in [-0.2, -0.15) is 4.90 Å². The summed E-state index contributed by atoms with van der Waals surface area (Å²) in [5, 5.41) is 0. The second-order valence-electron chi connectivity index (χ2n) is 10.5. The molecule has 2 atom stereocenters. The third-order valence-electron chi connectivity index (χ3n) is 4.74. The molecule has 0 spiro atoms. The molecular weight excluding hydrogens is 470 g/mol. The number of amides is 2. The summed E-state index contributed by atoms with van der Waals surface area (Å²) in [5.74, 6) is 0.0941. The monoisotopic (exact) mass is 511 g/mol. The molecule has 1 aliphatic heterocycles. The second-order valence-corrected chi connectivity index (χ2v) is 10.5. The molecule has 0 aromatic rings. The van der Waals surface area contributed by atoms with Crippen molar-refractivity contribution in [3.8, 4) is 0 Å². The highest BCUT2D eigenvalue weighted by Crippen LogP contribution is 2.23. The van der Waals surface area contributed by atoms with Crippen LogP contribution >= 0.6 is 0 Å². The molecule has 11 nitrogen and oxygen atoms in total. The molecule has 11 heteroatoms. The van der Waals surface area contributed by atoms with Gasteiger partial charge in [-0.05, 0) is 60.3 Å². The molecule has 2 amide bonds. The Kier molecular flexibility index (Phi) is 10.9. The summed E-state index contributed by atoms with van der Waals surface area (Å²) < 4.78 is 26.5. The van der Waals surface area contributed by atoms with Crippen molar-refractivity contribution in [1.82, 2.24) is 4.90 Å². The molecule has 1 aliphatic rings. The van der Waals surface area contributed by atoms with E-state index in [0.717, 1.165) is 0 Å². The molecule has 0 bridgehead atoms. The van der Waals surface area contributed by atoms with E-state index < -0.39 is 35.4 Å². The number of aliphatic imine (C=N–C) groups is 2. The summed E-state index contributed by atoms with van der Waals surface area (Å²) in [5.41, 5.74) is -1.41. The third kappa shape index (κ3) is 9.16. The van der Waals surface area contributed by atoms with Crippen LogP contribution in [-0.4, -0.2) is 79.5 Å². The predicted octanol–water partition coefficient (Wildman–Crippen LogP) is 4.49. The maximum Gasteiger partial charge on any atom is 0.420 e. The molecule has 0 aliphatic carbocycles. The van der Waals surface area contributed by atoms with Gasteiger partial charge < -0.3 is 23.7 Å². The molecule has 204 valence electrons. The van der Waals surface area contributed by atoms with Gasteiger partial charge in [0.05, 0.1) is 21.3 Å². The first-order chi connectivity index (χ1) is 16.5. The SMILES string of the molecule is COC(=O)[C@H](CC/C=C1\N=C(OC)[C@H](C(C)C)N=C1OC)N(C(=O)OC(C)(C)C)C(=O)OC(C)(C)C. The van der Waals surface area contributed by atoms with Crippen LogP contribution in [-0.2, 0) is 28.5 Å². The van der Waals surface area contributed by atoms with Gasteiger partial charge in [0.2, 0.25) is 11.8 Å². The molecule has 1 heterocycles. The Bertz CT molecular complexity index is 866. The van der Waals surface area contributed by atoms with Gasteiger partial charge in [-0.1, -0.05) is 19.9 Å².